The summed E-state index contributed by atoms with van der Waals surface area (Å²) in [6, 6.07) is -0.114. The van der Waals surface area contributed by atoms with Crippen LogP contribution < -0.4 is 5.73 Å². The van der Waals surface area contributed by atoms with E-state index in [1.54, 1.807) is 6.08 Å². The number of nitrogens with zero attached hydrogens (tertiary/aromatic N) is 1. The molecule has 3 nitrogen and oxygen atoms in total. The Balaban J connectivity index is 2.69. The van der Waals surface area contributed by atoms with Crippen molar-refractivity contribution in [3.63, 3.8) is 0 Å². The van der Waals surface area contributed by atoms with Crippen molar-refractivity contribution in [1.82, 2.24) is 4.90 Å². The number of hydrogen-bond acceptors (Lipinski definition) is 2. The lowest BCUT2D eigenvalue weighted by Crippen LogP contribution is -2.53. The third-order valence-corrected chi connectivity index (χ3v) is 3.62. The minimum Gasteiger partial charge on any atom is -0.338 e. The van der Waals surface area contributed by atoms with E-state index < -0.39 is 6.04 Å². The second-order valence-corrected chi connectivity index (χ2v) is 5.18. The zero-order valence-corrected chi connectivity index (χ0v) is 10.6. The molecule has 3 heteroatoms. The Kier molecular flexibility index (Phi) is 4.54. The molecule has 0 bridgehead atoms. The number of piperidine rings is 1. The highest BCUT2D eigenvalue weighted by Crippen LogP contribution is 2.27. The van der Waals surface area contributed by atoms with Gasteiger partial charge < -0.3 is 10.6 Å². The Morgan fingerprint density at radius 2 is 2.19 bits per heavy atom. The van der Waals surface area contributed by atoms with E-state index >= 15 is 0 Å². The molecule has 1 amide bonds. The fraction of sp³-hybridized carbons (Fsp3) is 0.769. The molecule has 1 aliphatic heterocycles. The zero-order chi connectivity index (χ0) is 12.3. The summed E-state index contributed by atoms with van der Waals surface area (Å²) >= 11 is 0. The monoisotopic (exact) mass is 224 g/mol. The van der Waals surface area contributed by atoms with Crippen LogP contribution in [0.25, 0.3) is 0 Å². The van der Waals surface area contributed by atoms with E-state index in [0.717, 1.165) is 6.54 Å². The first-order chi connectivity index (χ1) is 7.47. The number of hydrogen-bond donors (Lipinski definition) is 1. The van der Waals surface area contributed by atoms with Gasteiger partial charge >= 0.3 is 0 Å². The molecule has 0 aromatic rings. The van der Waals surface area contributed by atoms with E-state index in [0.29, 0.717) is 24.3 Å². The molecular formula is C13H24N2O. The first-order valence-electron chi connectivity index (χ1n) is 6.14. The van der Waals surface area contributed by atoms with Crippen molar-refractivity contribution < 1.29 is 4.79 Å². The maximum absolute atomic E-state index is 12.1. The molecule has 0 aromatic heterocycles. The molecule has 1 fully saturated rings. The van der Waals surface area contributed by atoms with Crippen LogP contribution in [0.15, 0.2) is 12.7 Å². The number of carbonyl (C=O) groups excluding carboxylic acids is 1. The van der Waals surface area contributed by atoms with E-state index in [-0.39, 0.29) is 5.91 Å². The van der Waals surface area contributed by atoms with Crippen molar-refractivity contribution in [3.8, 4) is 0 Å². The van der Waals surface area contributed by atoms with Crippen LogP contribution in [0.3, 0.4) is 0 Å². The van der Waals surface area contributed by atoms with Crippen LogP contribution in [0.4, 0.5) is 0 Å². The number of rotatable bonds is 3. The Bertz CT molecular complexity index is 265. The smallest absolute Gasteiger partial charge is 0.240 e. The lowest BCUT2D eigenvalue weighted by atomic mass is 9.85. The van der Waals surface area contributed by atoms with Crippen LogP contribution in [0.5, 0.6) is 0 Å². The molecule has 4 unspecified atom stereocenters. The van der Waals surface area contributed by atoms with Crippen molar-refractivity contribution >= 4 is 5.91 Å². The number of amides is 1. The molecule has 1 rings (SSSR count). The average Bonchev–Trinajstić information content (AvgIpc) is 2.22. The summed E-state index contributed by atoms with van der Waals surface area (Å²) in [7, 11) is 0. The van der Waals surface area contributed by atoms with E-state index in [4.69, 9.17) is 5.73 Å². The molecule has 92 valence electrons. The Morgan fingerprint density at radius 1 is 1.56 bits per heavy atom. The highest BCUT2D eigenvalue weighted by atomic mass is 16.2. The van der Waals surface area contributed by atoms with E-state index in [1.807, 2.05) is 4.90 Å². The molecule has 1 heterocycles. The summed E-state index contributed by atoms with van der Waals surface area (Å²) in [5, 5.41) is 0. The molecule has 0 aromatic carbocycles. The van der Waals surface area contributed by atoms with Crippen molar-refractivity contribution in [3.05, 3.63) is 12.7 Å². The Labute approximate surface area is 98.7 Å². The number of likely N-dealkylation sites (tertiary alicyclic amines) is 1. The highest BCUT2D eigenvalue weighted by Gasteiger charge is 2.33. The van der Waals surface area contributed by atoms with Crippen molar-refractivity contribution in [2.75, 3.05) is 6.54 Å². The first-order valence-corrected chi connectivity index (χ1v) is 6.14. The van der Waals surface area contributed by atoms with Gasteiger partial charge in [-0.05, 0) is 31.6 Å². The molecule has 2 N–H and O–H groups in total. The molecule has 0 spiro atoms. The van der Waals surface area contributed by atoms with Crippen molar-refractivity contribution in [1.29, 1.82) is 0 Å². The van der Waals surface area contributed by atoms with Gasteiger partial charge in [0.1, 0.15) is 0 Å². The summed E-state index contributed by atoms with van der Waals surface area (Å²) < 4.78 is 0. The van der Waals surface area contributed by atoms with Gasteiger partial charge in [-0.25, -0.2) is 0 Å². The van der Waals surface area contributed by atoms with Crippen LogP contribution >= 0.6 is 0 Å². The van der Waals surface area contributed by atoms with Gasteiger partial charge in [0.2, 0.25) is 5.91 Å². The van der Waals surface area contributed by atoms with Crippen LogP contribution in [-0.2, 0) is 4.79 Å². The number of nitrogens with two attached hydrogens (primary N) is 1. The average molecular weight is 224 g/mol. The fourth-order valence-corrected chi connectivity index (χ4v) is 2.50. The molecule has 0 saturated carbocycles. The molecule has 0 radical (unpaired) electrons. The van der Waals surface area contributed by atoms with Gasteiger partial charge in [0.25, 0.3) is 0 Å². The summed E-state index contributed by atoms with van der Waals surface area (Å²) in [6.45, 7) is 11.0. The summed E-state index contributed by atoms with van der Waals surface area (Å²) in [5.41, 5.74) is 5.85. The minimum atomic E-state index is -0.419. The summed E-state index contributed by atoms with van der Waals surface area (Å²) in [6.07, 6.45) is 3.47. The highest BCUT2D eigenvalue weighted by molar-refractivity contribution is 5.82. The normalized spacial score (nSPS) is 32.2. The maximum atomic E-state index is 12.1. The fourth-order valence-electron chi connectivity index (χ4n) is 2.50. The predicted octanol–water partition coefficient (Wildman–Crippen LogP) is 1.78. The van der Waals surface area contributed by atoms with Crippen LogP contribution in [-0.4, -0.2) is 29.4 Å². The van der Waals surface area contributed by atoms with Crippen molar-refractivity contribution in [2.45, 2.75) is 45.7 Å². The standard InChI is InChI=1S/C13H24N2O/c1-5-6-12(14)13(16)15-8-9(2)7-10(3)11(15)4/h5,9-12H,1,6-8,14H2,2-4H3. The van der Waals surface area contributed by atoms with Crippen LogP contribution in [0.1, 0.15) is 33.6 Å². The van der Waals surface area contributed by atoms with Gasteiger partial charge in [-0.2, -0.15) is 0 Å². The second-order valence-electron chi connectivity index (χ2n) is 5.18. The third-order valence-electron chi connectivity index (χ3n) is 3.62. The maximum Gasteiger partial charge on any atom is 0.240 e. The van der Waals surface area contributed by atoms with Gasteiger partial charge in [-0.1, -0.05) is 19.9 Å². The molecule has 4 atom stereocenters. The van der Waals surface area contributed by atoms with Gasteiger partial charge in [-0.3, -0.25) is 4.79 Å². The molecule has 0 aliphatic carbocycles. The Hall–Kier alpha value is -0.830. The van der Waals surface area contributed by atoms with Crippen molar-refractivity contribution in [2.24, 2.45) is 17.6 Å². The predicted molar refractivity (Wildman–Crippen MR) is 66.9 cm³/mol. The number of carbonyl (C=O) groups is 1. The lowest BCUT2D eigenvalue weighted by molar-refractivity contribution is -0.138. The summed E-state index contributed by atoms with van der Waals surface area (Å²) in [4.78, 5) is 14.1. The zero-order valence-electron chi connectivity index (χ0n) is 10.6. The van der Waals surface area contributed by atoms with Gasteiger partial charge in [0.15, 0.2) is 0 Å². The molecular weight excluding hydrogens is 200 g/mol. The van der Waals surface area contributed by atoms with Gasteiger partial charge in [0, 0.05) is 12.6 Å². The second kappa shape index (κ2) is 5.48. The van der Waals surface area contributed by atoms with E-state index in [1.165, 1.54) is 6.42 Å². The lowest BCUT2D eigenvalue weighted by Gasteiger charge is -2.42. The quantitative estimate of drug-likeness (QED) is 0.743. The first kappa shape index (κ1) is 13.2. The topological polar surface area (TPSA) is 46.3 Å². The van der Waals surface area contributed by atoms with E-state index in [9.17, 15) is 4.79 Å². The molecule has 1 aliphatic rings. The van der Waals surface area contributed by atoms with Gasteiger partial charge in [0.05, 0.1) is 6.04 Å². The van der Waals surface area contributed by atoms with E-state index in [2.05, 4.69) is 27.4 Å². The molecule has 1 saturated heterocycles. The molecule has 16 heavy (non-hydrogen) atoms. The third kappa shape index (κ3) is 2.85. The van der Waals surface area contributed by atoms with Gasteiger partial charge in [-0.15, -0.1) is 6.58 Å². The summed E-state index contributed by atoms with van der Waals surface area (Å²) in [5.74, 6) is 1.21. The largest absolute Gasteiger partial charge is 0.338 e. The van der Waals surface area contributed by atoms with Crippen LogP contribution in [0, 0.1) is 11.8 Å². The Morgan fingerprint density at radius 3 is 2.75 bits per heavy atom. The minimum absolute atomic E-state index is 0.0748. The SMILES string of the molecule is C=CCC(N)C(=O)N1CC(C)CC(C)C1C. The van der Waals surface area contributed by atoms with Crippen LogP contribution in [0.2, 0.25) is 0 Å².